The van der Waals surface area contributed by atoms with E-state index in [1.807, 2.05) is 0 Å². The summed E-state index contributed by atoms with van der Waals surface area (Å²) in [6, 6.07) is 0. The third-order valence-corrected chi connectivity index (χ3v) is 2.44. The highest BCUT2D eigenvalue weighted by molar-refractivity contribution is 7.89. The summed E-state index contributed by atoms with van der Waals surface area (Å²) in [6.07, 6.45) is 0.771. The highest BCUT2D eigenvalue weighted by atomic mass is 32.2. The van der Waals surface area contributed by atoms with Gasteiger partial charge in [0.15, 0.2) is 0 Å². The predicted molar refractivity (Wildman–Crippen MR) is 35.7 cm³/mol. The van der Waals surface area contributed by atoms with Crippen molar-refractivity contribution in [2.45, 2.75) is 12.8 Å². The molecule has 1 aliphatic rings. The molecule has 1 saturated carbocycles. The number of hydrogen-bond donors (Lipinski definition) is 1. The van der Waals surface area contributed by atoms with Crippen LogP contribution >= 0.6 is 0 Å². The Labute approximate surface area is 59.5 Å². The quantitative estimate of drug-likeness (QED) is 0.582. The van der Waals surface area contributed by atoms with E-state index in [0.717, 1.165) is 0 Å². The Morgan fingerprint density at radius 3 is 2.30 bits per heavy atom. The first kappa shape index (κ1) is 7.68. The lowest BCUT2D eigenvalue weighted by Gasteiger charge is -2.22. The molecule has 5 heteroatoms. The standard InChI is InChI=1S/C5H9NO3S/c6-10(8,9)3-4-1-5(7)2-4/h4H,1-3H2,(H2,6,8,9). The Balaban J connectivity index is 2.36. The van der Waals surface area contributed by atoms with Crippen LogP contribution < -0.4 is 5.14 Å². The fraction of sp³-hybridized carbons (Fsp3) is 0.800. The molecule has 10 heavy (non-hydrogen) atoms. The van der Waals surface area contributed by atoms with E-state index in [-0.39, 0.29) is 17.5 Å². The fourth-order valence-corrected chi connectivity index (χ4v) is 1.92. The normalized spacial score (nSPS) is 20.7. The Hall–Kier alpha value is -0.420. The van der Waals surface area contributed by atoms with E-state index in [4.69, 9.17) is 5.14 Å². The van der Waals surface area contributed by atoms with Crippen molar-refractivity contribution in [2.75, 3.05) is 5.75 Å². The molecular formula is C5H9NO3S. The first-order valence-electron chi connectivity index (χ1n) is 2.99. The van der Waals surface area contributed by atoms with E-state index in [0.29, 0.717) is 12.8 Å². The number of nitrogens with two attached hydrogens (primary N) is 1. The molecule has 0 aromatic heterocycles. The summed E-state index contributed by atoms with van der Waals surface area (Å²) in [5.74, 6) is 0.0785. The highest BCUT2D eigenvalue weighted by Crippen LogP contribution is 2.23. The topological polar surface area (TPSA) is 77.2 Å². The van der Waals surface area contributed by atoms with Crippen molar-refractivity contribution in [1.29, 1.82) is 0 Å². The fourth-order valence-electron chi connectivity index (χ4n) is 1.03. The lowest BCUT2D eigenvalue weighted by atomic mass is 9.86. The van der Waals surface area contributed by atoms with Gasteiger partial charge in [-0.2, -0.15) is 0 Å². The summed E-state index contributed by atoms with van der Waals surface area (Å²) in [4.78, 5) is 10.4. The van der Waals surface area contributed by atoms with Gasteiger partial charge in [-0.1, -0.05) is 0 Å². The van der Waals surface area contributed by atoms with Crippen LogP contribution in [0.15, 0.2) is 0 Å². The van der Waals surface area contributed by atoms with Crippen molar-refractivity contribution in [2.24, 2.45) is 11.1 Å². The largest absolute Gasteiger partial charge is 0.300 e. The van der Waals surface area contributed by atoms with Gasteiger partial charge in [0.2, 0.25) is 10.0 Å². The van der Waals surface area contributed by atoms with Gasteiger partial charge in [-0.05, 0) is 5.92 Å². The van der Waals surface area contributed by atoms with E-state index >= 15 is 0 Å². The van der Waals surface area contributed by atoms with Gasteiger partial charge in [0.05, 0.1) is 5.75 Å². The van der Waals surface area contributed by atoms with Crippen LogP contribution in [0.3, 0.4) is 0 Å². The van der Waals surface area contributed by atoms with Crippen LogP contribution in [0, 0.1) is 5.92 Å². The molecule has 0 unspecified atom stereocenters. The number of primary sulfonamides is 1. The maximum Gasteiger partial charge on any atom is 0.209 e. The second-order valence-corrected chi connectivity index (χ2v) is 4.30. The number of hydrogen-bond acceptors (Lipinski definition) is 3. The smallest absolute Gasteiger partial charge is 0.209 e. The van der Waals surface area contributed by atoms with Crippen molar-refractivity contribution in [3.05, 3.63) is 0 Å². The number of rotatable bonds is 2. The molecule has 4 nitrogen and oxygen atoms in total. The van der Waals surface area contributed by atoms with Gasteiger partial charge >= 0.3 is 0 Å². The Morgan fingerprint density at radius 2 is 2.00 bits per heavy atom. The van der Waals surface area contributed by atoms with Crippen LogP contribution in [0.25, 0.3) is 0 Å². The lowest BCUT2D eigenvalue weighted by Crippen LogP contribution is -2.32. The lowest BCUT2D eigenvalue weighted by molar-refractivity contribution is -0.126. The molecule has 0 spiro atoms. The van der Waals surface area contributed by atoms with Crippen LogP contribution in [0.2, 0.25) is 0 Å². The zero-order valence-electron chi connectivity index (χ0n) is 5.41. The summed E-state index contributed by atoms with van der Waals surface area (Å²) >= 11 is 0. The maximum atomic E-state index is 10.4. The van der Waals surface area contributed by atoms with Gasteiger partial charge in [0.1, 0.15) is 5.78 Å². The van der Waals surface area contributed by atoms with E-state index in [9.17, 15) is 13.2 Å². The Bertz CT molecular complexity index is 236. The molecule has 0 bridgehead atoms. The molecule has 0 aromatic rings. The summed E-state index contributed by atoms with van der Waals surface area (Å²) in [5.41, 5.74) is 0. The van der Waals surface area contributed by atoms with Crippen LogP contribution in [-0.2, 0) is 14.8 Å². The summed E-state index contributed by atoms with van der Waals surface area (Å²) in [5, 5.41) is 4.75. The van der Waals surface area contributed by atoms with Crippen molar-refractivity contribution < 1.29 is 13.2 Å². The minimum Gasteiger partial charge on any atom is -0.300 e. The maximum absolute atomic E-state index is 10.4. The number of ketones is 1. The second kappa shape index (κ2) is 2.32. The molecule has 0 amide bonds. The molecule has 0 atom stereocenters. The third-order valence-electron chi connectivity index (χ3n) is 1.50. The number of sulfonamides is 1. The molecule has 0 radical (unpaired) electrons. The zero-order valence-corrected chi connectivity index (χ0v) is 6.23. The van der Waals surface area contributed by atoms with Crippen molar-refractivity contribution in [3.63, 3.8) is 0 Å². The number of Topliss-reactive ketones (excluding diaryl/α,β-unsaturated/α-hetero) is 1. The molecular weight excluding hydrogens is 154 g/mol. The highest BCUT2D eigenvalue weighted by Gasteiger charge is 2.29. The monoisotopic (exact) mass is 163 g/mol. The van der Waals surface area contributed by atoms with Gasteiger partial charge in [-0.15, -0.1) is 0 Å². The second-order valence-electron chi connectivity index (χ2n) is 2.64. The third kappa shape index (κ3) is 2.07. The molecule has 58 valence electrons. The molecule has 0 aliphatic heterocycles. The average Bonchev–Trinajstić information content (AvgIpc) is 1.57. The average molecular weight is 163 g/mol. The number of carbonyl (C=O) groups excluding carboxylic acids is 1. The number of carbonyl (C=O) groups is 1. The van der Waals surface area contributed by atoms with Crippen molar-refractivity contribution in [3.8, 4) is 0 Å². The van der Waals surface area contributed by atoms with Crippen LogP contribution in [0.1, 0.15) is 12.8 Å². The van der Waals surface area contributed by atoms with E-state index in [1.54, 1.807) is 0 Å². The molecule has 0 aromatic carbocycles. The molecule has 0 heterocycles. The first-order chi connectivity index (χ1) is 4.47. The molecule has 1 rings (SSSR count). The van der Waals surface area contributed by atoms with E-state index < -0.39 is 10.0 Å². The Kier molecular flexibility index (Phi) is 1.78. The summed E-state index contributed by atoms with van der Waals surface area (Å²) < 4.78 is 20.8. The van der Waals surface area contributed by atoms with Gasteiger partial charge in [-0.25, -0.2) is 13.6 Å². The van der Waals surface area contributed by atoms with Crippen molar-refractivity contribution >= 4 is 15.8 Å². The van der Waals surface area contributed by atoms with Crippen LogP contribution in [-0.4, -0.2) is 20.0 Å². The predicted octanol–water partition coefficient (Wildman–Crippen LogP) is -0.746. The molecule has 1 fully saturated rings. The van der Waals surface area contributed by atoms with Crippen molar-refractivity contribution in [1.82, 2.24) is 0 Å². The molecule has 2 N–H and O–H groups in total. The van der Waals surface area contributed by atoms with Gasteiger partial charge in [0, 0.05) is 12.8 Å². The van der Waals surface area contributed by atoms with E-state index in [1.165, 1.54) is 0 Å². The van der Waals surface area contributed by atoms with Gasteiger partial charge in [-0.3, -0.25) is 4.79 Å². The minimum atomic E-state index is -3.36. The summed E-state index contributed by atoms with van der Waals surface area (Å²) in [7, 11) is -3.36. The van der Waals surface area contributed by atoms with Gasteiger partial charge in [0.25, 0.3) is 0 Å². The molecule has 0 saturated heterocycles. The Morgan fingerprint density at radius 1 is 1.50 bits per heavy atom. The van der Waals surface area contributed by atoms with Crippen LogP contribution in [0.4, 0.5) is 0 Å². The summed E-state index contributed by atoms with van der Waals surface area (Å²) in [6.45, 7) is 0. The van der Waals surface area contributed by atoms with Crippen LogP contribution in [0.5, 0.6) is 0 Å². The van der Waals surface area contributed by atoms with E-state index in [2.05, 4.69) is 0 Å². The molecule has 1 aliphatic carbocycles. The minimum absolute atomic E-state index is 0.0116. The SMILES string of the molecule is NS(=O)(=O)CC1CC(=O)C1. The first-order valence-corrected chi connectivity index (χ1v) is 4.71. The zero-order chi connectivity index (χ0) is 7.78. The van der Waals surface area contributed by atoms with Gasteiger partial charge < -0.3 is 0 Å².